The van der Waals surface area contributed by atoms with Crippen LogP contribution in [0.2, 0.25) is 0 Å². The molecule has 2 unspecified atom stereocenters. The maximum absolute atomic E-state index is 13.0. The third-order valence-electron chi connectivity index (χ3n) is 15.3. The first-order chi connectivity index (χ1) is 42.2. The number of hydrogen-bond acceptors (Lipinski definition) is 15. The Kier molecular flexibility index (Phi) is 57.9. The van der Waals surface area contributed by atoms with Crippen LogP contribution in [0.4, 0.5) is 0 Å². The normalized spacial score (nSPS) is 14.4. The topological polar surface area (TPSA) is 237 Å². The largest absolute Gasteiger partial charge is 0.472 e. The van der Waals surface area contributed by atoms with Crippen molar-refractivity contribution >= 4 is 39.5 Å². The number of ether oxygens (including phenoxy) is 4. The third kappa shape index (κ3) is 62.4. The van der Waals surface area contributed by atoms with Crippen molar-refractivity contribution < 1.29 is 80.2 Å². The lowest BCUT2D eigenvalue weighted by Gasteiger charge is -2.21. The van der Waals surface area contributed by atoms with Gasteiger partial charge in [0, 0.05) is 25.7 Å². The first kappa shape index (κ1) is 85.5. The van der Waals surface area contributed by atoms with E-state index >= 15 is 0 Å². The van der Waals surface area contributed by atoms with E-state index in [2.05, 4.69) is 72.8 Å². The molecule has 0 aromatic heterocycles. The first-order valence-electron chi connectivity index (χ1n) is 35.2. The van der Waals surface area contributed by atoms with Crippen LogP contribution in [-0.2, 0) is 65.4 Å². The van der Waals surface area contributed by atoms with Crippen LogP contribution in [0.1, 0.15) is 318 Å². The highest BCUT2D eigenvalue weighted by Gasteiger charge is 2.30. The molecule has 0 aromatic carbocycles. The standard InChI is InChI=1S/C69H130O17P2/c1-8-9-10-11-12-13-14-15-16-17-18-22-29-38-45-52-68(73)86-65(57-80-67(72)51-44-37-32-31-35-42-49-62(6)7)59-84-88(77,78)82-55-63(70)54-81-87(75,76)83-58-64(56-79-66(71)50-43-36-28-25-24-27-34-41-48-61(4)5)85-69(74)53-46-39-30-23-20-19-21-26-33-40-47-60(2)3/h13-16,60-65,70H,8-12,17-59H2,1-7H3,(H,75,76)(H,77,78)/b14-13-,16-15-/t63-,64-,65-/m1/s1. The van der Waals surface area contributed by atoms with Crippen LogP contribution < -0.4 is 0 Å². The van der Waals surface area contributed by atoms with E-state index in [1.807, 2.05) is 0 Å². The molecule has 518 valence electrons. The van der Waals surface area contributed by atoms with E-state index in [0.29, 0.717) is 31.6 Å². The average Bonchev–Trinajstić information content (AvgIpc) is 3.51. The number of carbonyl (C=O) groups excluding carboxylic acids is 4. The summed E-state index contributed by atoms with van der Waals surface area (Å²) in [7, 11) is -9.91. The highest BCUT2D eigenvalue weighted by Crippen LogP contribution is 2.45. The molecule has 0 fully saturated rings. The average molecular weight is 1290 g/mol. The number of esters is 4. The van der Waals surface area contributed by atoms with Crippen molar-refractivity contribution in [3.05, 3.63) is 24.3 Å². The summed E-state index contributed by atoms with van der Waals surface area (Å²) in [6.07, 6.45) is 45.4. The molecule has 0 saturated heterocycles. The number of phosphoric acid groups is 2. The fourth-order valence-corrected chi connectivity index (χ4v) is 11.4. The molecular formula is C69H130O17P2. The molecule has 19 heteroatoms. The Morgan fingerprint density at radius 2 is 0.614 bits per heavy atom. The third-order valence-corrected chi connectivity index (χ3v) is 17.2. The number of hydrogen-bond donors (Lipinski definition) is 3. The van der Waals surface area contributed by atoms with E-state index in [1.54, 1.807) is 0 Å². The zero-order chi connectivity index (χ0) is 65.2. The predicted octanol–water partition coefficient (Wildman–Crippen LogP) is 19.0. The molecule has 5 atom stereocenters. The number of rotatable bonds is 65. The number of aliphatic hydroxyl groups excluding tert-OH is 1. The Labute approximate surface area is 535 Å². The smallest absolute Gasteiger partial charge is 0.462 e. The SMILES string of the molecule is CCCCCC/C=C\C=C/CCCCCCCC(=O)O[C@H](COC(=O)CCCCCCCCC(C)C)COP(=O)(O)OC[C@H](O)COP(=O)(O)OC[C@@H](COC(=O)CCCCCCCCCCC(C)C)OC(=O)CCCCCCCCCCCCC(C)C. The van der Waals surface area contributed by atoms with Crippen LogP contribution in [0.5, 0.6) is 0 Å². The molecule has 0 aromatic rings. The van der Waals surface area contributed by atoms with Gasteiger partial charge in [0.05, 0.1) is 26.4 Å². The molecular weight excluding hydrogens is 1160 g/mol. The lowest BCUT2D eigenvalue weighted by molar-refractivity contribution is -0.161. The van der Waals surface area contributed by atoms with E-state index in [-0.39, 0.29) is 25.7 Å². The molecule has 0 saturated carbocycles. The minimum atomic E-state index is -4.96. The van der Waals surface area contributed by atoms with Gasteiger partial charge in [0.2, 0.25) is 0 Å². The fourth-order valence-electron chi connectivity index (χ4n) is 9.82. The lowest BCUT2D eigenvalue weighted by atomic mass is 10.0. The van der Waals surface area contributed by atoms with Gasteiger partial charge in [0.25, 0.3) is 0 Å². The summed E-state index contributed by atoms with van der Waals surface area (Å²) in [4.78, 5) is 72.4. The zero-order valence-electron chi connectivity index (χ0n) is 56.7. The maximum Gasteiger partial charge on any atom is 0.472 e. The first-order valence-corrected chi connectivity index (χ1v) is 38.2. The minimum Gasteiger partial charge on any atom is -0.462 e. The molecule has 0 aliphatic rings. The summed E-state index contributed by atoms with van der Waals surface area (Å²) in [5.74, 6) is -0.0105. The van der Waals surface area contributed by atoms with Crippen LogP contribution in [0.25, 0.3) is 0 Å². The van der Waals surface area contributed by atoms with Gasteiger partial charge in [-0.2, -0.15) is 0 Å². The van der Waals surface area contributed by atoms with Crippen LogP contribution >= 0.6 is 15.6 Å². The molecule has 0 heterocycles. The van der Waals surface area contributed by atoms with Crippen molar-refractivity contribution in [1.82, 2.24) is 0 Å². The van der Waals surface area contributed by atoms with Gasteiger partial charge in [-0.1, -0.05) is 265 Å². The van der Waals surface area contributed by atoms with Gasteiger partial charge in [0.15, 0.2) is 12.2 Å². The Bertz CT molecular complexity index is 1830. The van der Waals surface area contributed by atoms with Gasteiger partial charge in [-0.3, -0.25) is 37.3 Å². The van der Waals surface area contributed by atoms with Crippen molar-refractivity contribution in [2.24, 2.45) is 17.8 Å². The van der Waals surface area contributed by atoms with E-state index in [9.17, 15) is 43.2 Å². The Morgan fingerprint density at radius 3 is 0.920 bits per heavy atom. The monoisotopic (exact) mass is 1290 g/mol. The van der Waals surface area contributed by atoms with E-state index in [0.717, 1.165) is 121 Å². The number of phosphoric ester groups is 2. The van der Waals surface area contributed by atoms with Crippen LogP contribution in [0.15, 0.2) is 24.3 Å². The molecule has 0 spiro atoms. The van der Waals surface area contributed by atoms with Crippen molar-refractivity contribution in [3.8, 4) is 0 Å². The Balaban J connectivity index is 5.28. The van der Waals surface area contributed by atoms with Gasteiger partial charge in [0.1, 0.15) is 19.3 Å². The second kappa shape index (κ2) is 59.5. The summed E-state index contributed by atoms with van der Waals surface area (Å²) >= 11 is 0. The lowest BCUT2D eigenvalue weighted by Crippen LogP contribution is -2.30. The van der Waals surface area contributed by atoms with E-state index in [1.165, 1.54) is 109 Å². The summed E-state index contributed by atoms with van der Waals surface area (Å²) < 4.78 is 68.1. The minimum absolute atomic E-state index is 0.0834. The highest BCUT2D eigenvalue weighted by atomic mass is 31.2. The molecule has 0 rings (SSSR count). The number of carbonyl (C=O) groups is 4. The predicted molar refractivity (Wildman–Crippen MR) is 354 cm³/mol. The molecule has 0 aliphatic heterocycles. The molecule has 88 heavy (non-hydrogen) atoms. The van der Waals surface area contributed by atoms with Crippen LogP contribution in [-0.4, -0.2) is 96.7 Å². The van der Waals surface area contributed by atoms with Gasteiger partial charge >= 0.3 is 39.5 Å². The van der Waals surface area contributed by atoms with Crippen molar-refractivity contribution in [3.63, 3.8) is 0 Å². The van der Waals surface area contributed by atoms with Crippen molar-refractivity contribution in [2.45, 2.75) is 336 Å². The second-order valence-corrected chi connectivity index (χ2v) is 28.6. The van der Waals surface area contributed by atoms with E-state index in [4.69, 9.17) is 37.0 Å². The van der Waals surface area contributed by atoms with Gasteiger partial charge in [-0.05, 0) is 69.1 Å². The van der Waals surface area contributed by atoms with E-state index < -0.39 is 97.5 Å². The van der Waals surface area contributed by atoms with Crippen molar-refractivity contribution in [1.29, 1.82) is 0 Å². The molecule has 0 aliphatic carbocycles. The molecule has 0 radical (unpaired) electrons. The van der Waals surface area contributed by atoms with Crippen LogP contribution in [0, 0.1) is 17.8 Å². The van der Waals surface area contributed by atoms with Crippen molar-refractivity contribution in [2.75, 3.05) is 39.6 Å². The number of aliphatic hydroxyl groups is 1. The number of allylic oxidation sites excluding steroid dienone is 4. The van der Waals surface area contributed by atoms with Gasteiger partial charge < -0.3 is 33.8 Å². The highest BCUT2D eigenvalue weighted by molar-refractivity contribution is 7.47. The zero-order valence-corrected chi connectivity index (χ0v) is 58.5. The quantitative estimate of drug-likeness (QED) is 0.0169. The summed E-state index contributed by atoms with van der Waals surface area (Å²) in [6, 6.07) is 0. The second-order valence-electron chi connectivity index (χ2n) is 25.7. The van der Waals surface area contributed by atoms with Gasteiger partial charge in [-0.25, -0.2) is 9.13 Å². The number of unbranched alkanes of at least 4 members (excludes halogenated alkanes) is 30. The fraction of sp³-hybridized carbons (Fsp3) is 0.884. The van der Waals surface area contributed by atoms with Crippen LogP contribution in [0.3, 0.4) is 0 Å². The molecule has 17 nitrogen and oxygen atoms in total. The summed E-state index contributed by atoms with van der Waals surface area (Å²) in [5, 5.41) is 10.6. The van der Waals surface area contributed by atoms with Gasteiger partial charge in [-0.15, -0.1) is 0 Å². The Hall–Kier alpha value is -2.46. The summed E-state index contributed by atoms with van der Waals surface area (Å²) in [5.41, 5.74) is 0. The summed E-state index contributed by atoms with van der Waals surface area (Å²) in [6.45, 7) is 11.6. The molecule has 0 amide bonds. The molecule has 3 N–H and O–H groups in total. The molecule has 0 bridgehead atoms. The maximum atomic E-state index is 13.0. The Morgan fingerprint density at radius 1 is 0.352 bits per heavy atom.